The average Bonchev–Trinajstić information content (AvgIpc) is 2.70. The Labute approximate surface area is 176 Å². The first-order chi connectivity index (χ1) is 13.8. The van der Waals surface area contributed by atoms with Crippen LogP contribution in [0, 0.1) is 0 Å². The molecular weight excluding hydrogens is 392 g/mol. The van der Waals surface area contributed by atoms with Crippen molar-refractivity contribution in [3.05, 3.63) is 59.1 Å². The SMILES string of the molecule is COc1cccc(CN(C(=O)COc2ccc(Cl)cc2)[C@@H](C)C(=O)NC(C)C)c1. The van der Waals surface area contributed by atoms with Gasteiger partial charge in [-0.25, -0.2) is 0 Å². The van der Waals surface area contributed by atoms with Crippen molar-refractivity contribution in [1.29, 1.82) is 0 Å². The standard InChI is InChI=1S/C22H27ClN2O4/c1-15(2)24-22(27)16(3)25(13-17-6-5-7-20(12-17)28-4)21(26)14-29-19-10-8-18(23)9-11-19/h5-12,15-16H,13-14H2,1-4H3,(H,24,27)/t16-/m0/s1. The van der Waals surface area contributed by atoms with Crippen molar-refractivity contribution in [2.24, 2.45) is 0 Å². The molecule has 0 aliphatic rings. The Morgan fingerprint density at radius 3 is 2.38 bits per heavy atom. The molecule has 2 aromatic carbocycles. The van der Waals surface area contributed by atoms with E-state index in [9.17, 15) is 9.59 Å². The number of hydrogen-bond donors (Lipinski definition) is 1. The number of methoxy groups -OCH3 is 1. The highest BCUT2D eigenvalue weighted by atomic mass is 35.5. The molecule has 156 valence electrons. The summed E-state index contributed by atoms with van der Waals surface area (Å²) in [7, 11) is 1.58. The molecule has 0 aliphatic heterocycles. The fourth-order valence-electron chi connectivity index (χ4n) is 2.71. The van der Waals surface area contributed by atoms with Gasteiger partial charge in [-0.05, 0) is 62.7 Å². The maximum absolute atomic E-state index is 12.9. The second-order valence-corrected chi connectivity index (χ2v) is 7.39. The molecule has 0 unspecified atom stereocenters. The molecule has 29 heavy (non-hydrogen) atoms. The summed E-state index contributed by atoms with van der Waals surface area (Å²) in [6.45, 7) is 5.53. The number of amides is 2. The lowest BCUT2D eigenvalue weighted by Crippen LogP contribution is -2.50. The lowest BCUT2D eigenvalue weighted by atomic mass is 10.1. The topological polar surface area (TPSA) is 67.9 Å². The lowest BCUT2D eigenvalue weighted by molar-refractivity contribution is -0.142. The molecule has 0 fully saturated rings. The lowest BCUT2D eigenvalue weighted by Gasteiger charge is -2.29. The molecule has 6 nitrogen and oxygen atoms in total. The molecule has 2 amide bonds. The van der Waals surface area contributed by atoms with E-state index in [0.29, 0.717) is 16.5 Å². The molecule has 0 saturated heterocycles. The molecule has 2 rings (SSSR count). The van der Waals surface area contributed by atoms with Crippen LogP contribution < -0.4 is 14.8 Å². The highest BCUT2D eigenvalue weighted by molar-refractivity contribution is 6.30. The Hall–Kier alpha value is -2.73. The van der Waals surface area contributed by atoms with E-state index in [1.165, 1.54) is 4.90 Å². The molecule has 0 bridgehead atoms. The first kappa shape index (κ1) is 22.6. The Balaban J connectivity index is 2.16. The van der Waals surface area contributed by atoms with Gasteiger partial charge >= 0.3 is 0 Å². The minimum atomic E-state index is -0.662. The number of carbonyl (C=O) groups is 2. The number of nitrogens with zero attached hydrogens (tertiary/aromatic N) is 1. The molecule has 0 heterocycles. The van der Waals surface area contributed by atoms with Crippen LogP contribution in [0.25, 0.3) is 0 Å². The zero-order valence-electron chi connectivity index (χ0n) is 17.1. The van der Waals surface area contributed by atoms with E-state index < -0.39 is 6.04 Å². The third-order valence-electron chi connectivity index (χ3n) is 4.26. The van der Waals surface area contributed by atoms with E-state index in [0.717, 1.165) is 5.56 Å². The third-order valence-corrected chi connectivity index (χ3v) is 4.51. The van der Waals surface area contributed by atoms with Crippen LogP contribution in [-0.2, 0) is 16.1 Å². The molecule has 0 aromatic heterocycles. The van der Waals surface area contributed by atoms with Crippen molar-refractivity contribution >= 4 is 23.4 Å². The van der Waals surface area contributed by atoms with E-state index in [1.54, 1.807) is 38.3 Å². The van der Waals surface area contributed by atoms with Crippen molar-refractivity contribution in [3.63, 3.8) is 0 Å². The first-order valence-corrected chi connectivity index (χ1v) is 9.79. The second kappa shape index (κ2) is 10.7. The van der Waals surface area contributed by atoms with Crippen LogP contribution in [0.5, 0.6) is 11.5 Å². The van der Waals surface area contributed by atoms with Gasteiger partial charge in [-0.3, -0.25) is 9.59 Å². The quantitative estimate of drug-likeness (QED) is 0.674. The molecular formula is C22H27ClN2O4. The van der Waals surface area contributed by atoms with Gasteiger partial charge in [-0.2, -0.15) is 0 Å². The van der Waals surface area contributed by atoms with E-state index >= 15 is 0 Å². The zero-order valence-corrected chi connectivity index (χ0v) is 17.9. The Bertz CT molecular complexity index is 824. The summed E-state index contributed by atoms with van der Waals surface area (Å²) in [6.07, 6.45) is 0. The normalized spacial score (nSPS) is 11.7. The maximum Gasteiger partial charge on any atom is 0.261 e. The maximum atomic E-state index is 12.9. The summed E-state index contributed by atoms with van der Waals surface area (Å²) in [5.41, 5.74) is 0.855. The van der Waals surface area contributed by atoms with Crippen molar-refractivity contribution in [2.75, 3.05) is 13.7 Å². The number of rotatable bonds is 9. The van der Waals surface area contributed by atoms with Crippen LogP contribution in [0.3, 0.4) is 0 Å². The fraction of sp³-hybridized carbons (Fsp3) is 0.364. The number of halogens is 1. The van der Waals surface area contributed by atoms with Gasteiger partial charge in [0.25, 0.3) is 5.91 Å². The molecule has 1 N–H and O–H groups in total. The highest BCUT2D eigenvalue weighted by Crippen LogP contribution is 2.18. The van der Waals surface area contributed by atoms with Gasteiger partial charge in [-0.1, -0.05) is 23.7 Å². The van der Waals surface area contributed by atoms with E-state index in [-0.39, 0.29) is 31.0 Å². The van der Waals surface area contributed by atoms with Gasteiger partial charge < -0.3 is 19.7 Å². The number of carbonyl (C=O) groups excluding carboxylic acids is 2. The van der Waals surface area contributed by atoms with Crippen LogP contribution >= 0.6 is 11.6 Å². The largest absolute Gasteiger partial charge is 0.497 e. The van der Waals surface area contributed by atoms with E-state index in [2.05, 4.69) is 5.32 Å². The molecule has 2 aromatic rings. The number of ether oxygens (including phenoxy) is 2. The Kier molecular flexibility index (Phi) is 8.34. The molecule has 0 aliphatic carbocycles. The first-order valence-electron chi connectivity index (χ1n) is 9.41. The van der Waals surface area contributed by atoms with Crippen molar-refractivity contribution in [2.45, 2.75) is 39.4 Å². The van der Waals surface area contributed by atoms with Crippen LogP contribution in [0.2, 0.25) is 5.02 Å². The van der Waals surface area contributed by atoms with Crippen molar-refractivity contribution in [3.8, 4) is 11.5 Å². The second-order valence-electron chi connectivity index (χ2n) is 6.96. The Morgan fingerprint density at radius 1 is 1.07 bits per heavy atom. The van der Waals surface area contributed by atoms with Crippen molar-refractivity contribution < 1.29 is 19.1 Å². The van der Waals surface area contributed by atoms with Crippen molar-refractivity contribution in [1.82, 2.24) is 10.2 Å². The van der Waals surface area contributed by atoms with E-state index in [4.69, 9.17) is 21.1 Å². The summed E-state index contributed by atoms with van der Waals surface area (Å²) >= 11 is 5.87. The summed E-state index contributed by atoms with van der Waals surface area (Å²) in [5, 5.41) is 3.44. The summed E-state index contributed by atoms with van der Waals surface area (Å²) in [5.74, 6) is 0.701. The van der Waals surface area contributed by atoms with Gasteiger partial charge in [0, 0.05) is 17.6 Å². The fourth-order valence-corrected chi connectivity index (χ4v) is 2.84. The van der Waals surface area contributed by atoms with Gasteiger partial charge in [-0.15, -0.1) is 0 Å². The molecule has 0 radical (unpaired) electrons. The van der Waals surface area contributed by atoms with Gasteiger partial charge in [0.1, 0.15) is 17.5 Å². The predicted molar refractivity (Wildman–Crippen MR) is 113 cm³/mol. The minimum Gasteiger partial charge on any atom is -0.497 e. The van der Waals surface area contributed by atoms with Crippen LogP contribution in [0.1, 0.15) is 26.3 Å². The molecule has 1 atom stereocenters. The summed E-state index contributed by atoms with van der Waals surface area (Å²) in [4.78, 5) is 27.0. The summed E-state index contributed by atoms with van der Waals surface area (Å²) in [6, 6.07) is 13.5. The monoisotopic (exact) mass is 418 g/mol. The molecule has 0 spiro atoms. The number of hydrogen-bond acceptors (Lipinski definition) is 4. The van der Waals surface area contributed by atoms with Crippen LogP contribution in [0.15, 0.2) is 48.5 Å². The van der Waals surface area contributed by atoms with Gasteiger partial charge in [0.2, 0.25) is 5.91 Å². The Morgan fingerprint density at radius 2 is 1.76 bits per heavy atom. The third kappa shape index (κ3) is 6.98. The van der Waals surface area contributed by atoms with Gasteiger partial charge in [0.15, 0.2) is 6.61 Å². The van der Waals surface area contributed by atoms with Crippen LogP contribution in [0.4, 0.5) is 0 Å². The van der Waals surface area contributed by atoms with Crippen LogP contribution in [-0.4, -0.2) is 42.5 Å². The smallest absolute Gasteiger partial charge is 0.261 e. The summed E-state index contributed by atoms with van der Waals surface area (Å²) < 4.78 is 10.8. The number of nitrogens with one attached hydrogen (secondary N) is 1. The average molecular weight is 419 g/mol. The minimum absolute atomic E-state index is 0.0240. The molecule has 0 saturated carbocycles. The molecule has 7 heteroatoms. The zero-order chi connectivity index (χ0) is 21.4. The number of benzene rings is 2. The highest BCUT2D eigenvalue weighted by Gasteiger charge is 2.27. The van der Waals surface area contributed by atoms with Gasteiger partial charge in [0.05, 0.1) is 7.11 Å². The predicted octanol–water partition coefficient (Wildman–Crippen LogP) is 3.67. The van der Waals surface area contributed by atoms with E-state index in [1.807, 2.05) is 38.1 Å².